The highest BCUT2D eigenvalue weighted by molar-refractivity contribution is 8.09. The van der Waals surface area contributed by atoms with E-state index in [0.29, 0.717) is 5.76 Å². The Morgan fingerprint density at radius 3 is 2.79 bits per heavy atom. The number of carbonyl (C=O) groups is 1. The molecule has 1 N–H and O–H groups in total. The van der Waals surface area contributed by atoms with Crippen molar-refractivity contribution in [2.24, 2.45) is 0 Å². The lowest BCUT2D eigenvalue weighted by molar-refractivity contribution is -0.402. The van der Waals surface area contributed by atoms with Gasteiger partial charge in [-0.05, 0) is 13.0 Å². The molecule has 1 aromatic heterocycles. The molecule has 1 unspecified atom stereocenters. The first-order valence-corrected chi connectivity index (χ1v) is 6.40. The van der Waals surface area contributed by atoms with Crippen molar-refractivity contribution in [2.75, 3.05) is 7.05 Å². The smallest absolute Gasteiger partial charge is 0.400 e. The highest BCUT2D eigenvalue weighted by Gasteiger charge is 2.31. The zero-order chi connectivity index (χ0) is 14.2. The van der Waals surface area contributed by atoms with E-state index in [4.69, 9.17) is 4.42 Å². The van der Waals surface area contributed by atoms with E-state index < -0.39 is 4.92 Å². The Labute approximate surface area is 113 Å². The summed E-state index contributed by atoms with van der Waals surface area (Å²) in [7, 11) is 1.84. The SMILES string of the molecule is CC(=O)NC1SC(c2ccc([N+](=O)[O-])o2)=C(C)N1C. The number of thioether (sulfide) groups is 1. The molecule has 8 heteroatoms. The van der Waals surface area contributed by atoms with Crippen molar-refractivity contribution in [1.82, 2.24) is 10.2 Å². The van der Waals surface area contributed by atoms with Crippen molar-refractivity contribution in [1.29, 1.82) is 0 Å². The third-order valence-electron chi connectivity index (χ3n) is 2.76. The maximum Gasteiger partial charge on any atom is 0.433 e. The molecule has 0 fully saturated rings. The van der Waals surface area contributed by atoms with E-state index in [1.807, 2.05) is 18.9 Å². The number of allylic oxidation sites excluding steroid dienone is 1. The average molecular weight is 283 g/mol. The molecule has 19 heavy (non-hydrogen) atoms. The number of nitrogens with one attached hydrogen (secondary N) is 1. The molecule has 0 saturated heterocycles. The number of hydrogen-bond donors (Lipinski definition) is 1. The second-order valence-electron chi connectivity index (χ2n) is 4.09. The minimum absolute atomic E-state index is 0.135. The first-order valence-electron chi connectivity index (χ1n) is 5.52. The van der Waals surface area contributed by atoms with Crippen LogP contribution in [-0.4, -0.2) is 28.3 Å². The number of furan rings is 1. The molecule has 7 nitrogen and oxygen atoms in total. The molecule has 0 aromatic carbocycles. The number of amides is 1. The Bertz CT molecular complexity index is 566. The molecule has 0 aliphatic carbocycles. The van der Waals surface area contributed by atoms with Gasteiger partial charge < -0.3 is 14.6 Å². The van der Waals surface area contributed by atoms with E-state index in [9.17, 15) is 14.9 Å². The van der Waals surface area contributed by atoms with E-state index in [2.05, 4.69) is 5.32 Å². The minimum atomic E-state index is -0.575. The van der Waals surface area contributed by atoms with Crippen LogP contribution in [-0.2, 0) is 4.79 Å². The zero-order valence-electron chi connectivity index (χ0n) is 10.7. The highest BCUT2D eigenvalue weighted by atomic mass is 32.2. The van der Waals surface area contributed by atoms with Crippen LogP contribution >= 0.6 is 11.8 Å². The molecule has 102 valence electrons. The lowest BCUT2D eigenvalue weighted by Gasteiger charge is -2.22. The third kappa shape index (κ3) is 2.58. The summed E-state index contributed by atoms with van der Waals surface area (Å²) in [5.74, 6) is 0.0132. The first-order chi connectivity index (χ1) is 8.90. The van der Waals surface area contributed by atoms with Crippen molar-refractivity contribution in [3.05, 3.63) is 33.7 Å². The Kier molecular flexibility index (Phi) is 3.52. The van der Waals surface area contributed by atoms with Crippen LogP contribution < -0.4 is 5.32 Å². The molecule has 2 heterocycles. The van der Waals surface area contributed by atoms with Crippen LogP contribution in [0.15, 0.2) is 22.2 Å². The predicted molar refractivity (Wildman–Crippen MR) is 70.9 cm³/mol. The van der Waals surface area contributed by atoms with Crippen LogP contribution in [0, 0.1) is 10.1 Å². The van der Waals surface area contributed by atoms with Crippen LogP contribution in [0.4, 0.5) is 5.88 Å². The Morgan fingerprint density at radius 1 is 1.58 bits per heavy atom. The van der Waals surface area contributed by atoms with Gasteiger partial charge in [0.1, 0.15) is 10.7 Å². The topological polar surface area (TPSA) is 88.6 Å². The summed E-state index contributed by atoms with van der Waals surface area (Å²) in [4.78, 5) is 23.8. The third-order valence-corrected chi connectivity index (χ3v) is 4.15. The number of nitrogens with zero attached hydrogens (tertiary/aromatic N) is 2. The fraction of sp³-hybridized carbons (Fsp3) is 0.364. The maximum absolute atomic E-state index is 11.1. The fourth-order valence-electron chi connectivity index (χ4n) is 1.70. The number of rotatable bonds is 3. The molecule has 0 bridgehead atoms. The Morgan fingerprint density at radius 2 is 2.26 bits per heavy atom. The average Bonchev–Trinajstić information content (AvgIpc) is 2.89. The van der Waals surface area contributed by atoms with Crippen LogP contribution in [0.3, 0.4) is 0 Å². The van der Waals surface area contributed by atoms with Crippen molar-refractivity contribution < 1.29 is 14.1 Å². The predicted octanol–water partition coefficient (Wildman–Crippen LogP) is 1.97. The fourth-order valence-corrected chi connectivity index (χ4v) is 3.00. The second-order valence-corrected chi connectivity index (χ2v) is 5.18. The summed E-state index contributed by atoms with van der Waals surface area (Å²) in [5, 5.41) is 13.4. The van der Waals surface area contributed by atoms with Crippen LogP contribution in [0.2, 0.25) is 0 Å². The summed E-state index contributed by atoms with van der Waals surface area (Å²) in [6, 6.07) is 2.88. The van der Waals surface area contributed by atoms with E-state index in [0.717, 1.165) is 10.6 Å². The van der Waals surface area contributed by atoms with E-state index in [-0.39, 0.29) is 17.3 Å². The lowest BCUT2D eigenvalue weighted by Crippen LogP contribution is -2.39. The van der Waals surface area contributed by atoms with Gasteiger partial charge >= 0.3 is 5.88 Å². The summed E-state index contributed by atoms with van der Waals surface area (Å²) in [5.41, 5.74) is 0.671. The number of carbonyl (C=O) groups excluding carboxylic acids is 1. The Hall–Kier alpha value is -1.96. The number of hydrogen-bond acceptors (Lipinski definition) is 6. The second kappa shape index (κ2) is 4.96. The van der Waals surface area contributed by atoms with Gasteiger partial charge in [0.25, 0.3) is 0 Å². The zero-order valence-corrected chi connectivity index (χ0v) is 11.5. The minimum Gasteiger partial charge on any atom is -0.400 e. The summed E-state index contributed by atoms with van der Waals surface area (Å²) in [6.07, 6.45) is 0. The van der Waals surface area contributed by atoms with Gasteiger partial charge in [0.15, 0.2) is 5.50 Å². The van der Waals surface area contributed by atoms with E-state index in [1.54, 1.807) is 6.07 Å². The van der Waals surface area contributed by atoms with E-state index >= 15 is 0 Å². The van der Waals surface area contributed by atoms with Crippen molar-refractivity contribution >= 4 is 28.5 Å². The van der Waals surface area contributed by atoms with Crippen LogP contribution in [0.1, 0.15) is 19.6 Å². The molecule has 2 rings (SSSR count). The standard InChI is InChI=1S/C11H13N3O4S/c1-6-10(8-4-5-9(18-8)14(16)17)19-11(13(6)3)12-7(2)15/h4-5,11H,1-3H3,(H,12,15). The molecule has 1 aliphatic rings. The summed E-state index contributed by atoms with van der Waals surface area (Å²) < 4.78 is 5.18. The molecule has 1 amide bonds. The van der Waals surface area contributed by atoms with Crippen molar-refractivity contribution in [3.8, 4) is 0 Å². The van der Waals surface area contributed by atoms with Gasteiger partial charge in [0.2, 0.25) is 5.91 Å². The van der Waals surface area contributed by atoms with Crippen molar-refractivity contribution in [3.63, 3.8) is 0 Å². The van der Waals surface area contributed by atoms with Gasteiger partial charge in [-0.3, -0.25) is 14.9 Å². The van der Waals surface area contributed by atoms with Gasteiger partial charge in [-0.15, -0.1) is 0 Å². The normalized spacial score (nSPS) is 18.9. The molecule has 0 spiro atoms. The van der Waals surface area contributed by atoms with Gasteiger partial charge in [-0.1, -0.05) is 11.8 Å². The van der Waals surface area contributed by atoms with Gasteiger partial charge in [-0.25, -0.2) is 0 Å². The van der Waals surface area contributed by atoms with Gasteiger partial charge in [0, 0.05) is 19.7 Å². The van der Waals surface area contributed by atoms with E-state index in [1.165, 1.54) is 24.8 Å². The van der Waals surface area contributed by atoms with Crippen LogP contribution in [0.5, 0.6) is 0 Å². The quantitative estimate of drug-likeness (QED) is 0.674. The maximum atomic E-state index is 11.1. The number of nitro groups is 1. The molecular formula is C11H13N3O4S. The Balaban J connectivity index is 2.24. The molecule has 0 saturated carbocycles. The molecular weight excluding hydrogens is 270 g/mol. The summed E-state index contributed by atoms with van der Waals surface area (Å²) in [6.45, 7) is 3.32. The van der Waals surface area contributed by atoms with Gasteiger partial charge in [0.05, 0.1) is 11.0 Å². The van der Waals surface area contributed by atoms with Crippen molar-refractivity contribution in [2.45, 2.75) is 19.3 Å². The summed E-state index contributed by atoms with van der Waals surface area (Å²) >= 11 is 1.39. The molecule has 0 radical (unpaired) electrons. The lowest BCUT2D eigenvalue weighted by atomic mass is 10.3. The van der Waals surface area contributed by atoms with Crippen LogP contribution in [0.25, 0.3) is 4.91 Å². The monoisotopic (exact) mass is 283 g/mol. The molecule has 1 atom stereocenters. The largest absolute Gasteiger partial charge is 0.433 e. The van der Waals surface area contributed by atoms with Gasteiger partial charge in [-0.2, -0.15) is 0 Å². The molecule has 1 aliphatic heterocycles. The first kappa shape index (κ1) is 13.5. The highest BCUT2D eigenvalue weighted by Crippen LogP contribution is 2.43. The molecule has 1 aromatic rings.